The minimum absolute atomic E-state index is 0.253. The Morgan fingerprint density at radius 3 is 2.50 bits per heavy atom. The fourth-order valence-electron chi connectivity index (χ4n) is 3.45. The lowest BCUT2D eigenvalue weighted by Gasteiger charge is -2.27. The van der Waals surface area contributed by atoms with E-state index in [2.05, 4.69) is 31.4 Å². The number of methoxy groups -OCH3 is 1. The fraction of sp³-hybridized carbons (Fsp3) is 0.647. The van der Waals surface area contributed by atoms with Gasteiger partial charge in [0, 0.05) is 6.04 Å². The number of rotatable bonds is 5. The van der Waals surface area contributed by atoms with E-state index < -0.39 is 0 Å². The minimum Gasteiger partial charge on any atom is -0.496 e. The molecule has 0 radical (unpaired) electrons. The second-order valence-corrected chi connectivity index (χ2v) is 6.14. The number of nitrogens with one attached hydrogen (secondary N) is 1. The van der Waals surface area contributed by atoms with Crippen LogP contribution in [0.25, 0.3) is 0 Å². The van der Waals surface area contributed by atoms with Gasteiger partial charge >= 0.3 is 0 Å². The summed E-state index contributed by atoms with van der Waals surface area (Å²) in [6.07, 6.45) is 8.00. The van der Waals surface area contributed by atoms with Crippen LogP contribution >= 0.6 is 0 Å². The molecule has 1 aliphatic rings. The van der Waals surface area contributed by atoms with Crippen LogP contribution in [0.4, 0.5) is 0 Å². The molecule has 1 aromatic carbocycles. The van der Waals surface area contributed by atoms with Gasteiger partial charge in [0.05, 0.1) is 7.11 Å². The molecule has 0 heterocycles. The van der Waals surface area contributed by atoms with Gasteiger partial charge in [0.25, 0.3) is 0 Å². The molecular formula is C17H28N2O. The summed E-state index contributed by atoms with van der Waals surface area (Å²) >= 11 is 0. The molecule has 3 heteroatoms. The van der Waals surface area contributed by atoms with Crippen LogP contribution in [0.1, 0.15) is 61.3 Å². The van der Waals surface area contributed by atoms with E-state index in [1.54, 1.807) is 7.11 Å². The van der Waals surface area contributed by atoms with Crippen molar-refractivity contribution in [3.63, 3.8) is 0 Å². The lowest BCUT2D eigenvalue weighted by molar-refractivity contribution is 0.300. The van der Waals surface area contributed by atoms with E-state index in [0.29, 0.717) is 0 Å². The van der Waals surface area contributed by atoms with Crippen LogP contribution < -0.4 is 16.0 Å². The van der Waals surface area contributed by atoms with Crippen LogP contribution in [0.5, 0.6) is 5.75 Å². The Bertz CT molecular complexity index is 439. The fourth-order valence-corrected chi connectivity index (χ4v) is 3.45. The van der Waals surface area contributed by atoms with Crippen LogP contribution in [-0.2, 0) is 0 Å². The molecule has 1 aromatic rings. The van der Waals surface area contributed by atoms with E-state index in [1.165, 1.54) is 48.8 Å². The van der Waals surface area contributed by atoms with E-state index in [1.807, 2.05) is 0 Å². The van der Waals surface area contributed by atoms with Crippen molar-refractivity contribution >= 4 is 0 Å². The number of hydrogen-bond donors (Lipinski definition) is 2. The maximum atomic E-state index is 5.83. The Kier molecular flexibility index (Phi) is 5.44. The number of nitrogens with two attached hydrogens (primary N) is 1. The average molecular weight is 276 g/mol. The third kappa shape index (κ3) is 3.53. The van der Waals surface area contributed by atoms with E-state index in [9.17, 15) is 0 Å². The van der Waals surface area contributed by atoms with Gasteiger partial charge in [-0.15, -0.1) is 0 Å². The predicted octanol–water partition coefficient (Wildman–Crippen LogP) is 3.79. The van der Waals surface area contributed by atoms with Gasteiger partial charge in [-0.1, -0.05) is 38.2 Å². The molecule has 3 N–H and O–H groups in total. The third-order valence-corrected chi connectivity index (χ3v) is 4.65. The number of hydrazine groups is 1. The summed E-state index contributed by atoms with van der Waals surface area (Å²) in [6, 6.07) is 4.60. The highest BCUT2D eigenvalue weighted by Gasteiger charge is 2.21. The summed E-state index contributed by atoms with van der Waals surface area (Å²) in [5.74, 6) is 7.60. The van der Waals surface area contributed by atoms with Gasteiger partial charge < -0.3 is 4.74 Å². The van der Waals surface area contributed by atoms with Gasteiger partial charge in [0.2, 0.25) is 0 Å². The maximum Gasteiger partial charge on any atom is 0.122 e. The topological polar surface area (TPSA) is 47.3 Å². The molecule has 112 valence electrons. The Labute approximate surface area is 122 Å². The molecule has 0 spiro atoms. The van der Waals surface area contributed by atoms with E-state index in [4.69, 9.17) is 10.6 Å². The molecule has 0 amide bonds. The van der Waals surface area contributed by atoms with Crippen molar-refractivity contribution in [3.05, 3.63) is 28.8 Å². The first-order valence-electron chi connectivity index (χ1n) is 7.77. The van der Waals surface area contributed by atoms with Crippen molar-refractivity contribution in [3.8, 4) is 5.75 Å². The highest BCUT2D eigenvalue weighted by Crippen LogP contribution is 2.34. The molecule has 0 aliphatic heterocycles. The first-order valence-corrected chi connectivity index (χ1v) is 7.77. The summed E-state index contributed by atoms with van der Waals surface area (Å²) in [5.41, 5.74) is 6.78. The molecule has 1 aliphatic carbocycles. The summed E-state index contributed by atoms with van der Waals surface area (Å²) in [4.78, 5) is 0. The molecule has 3 nitrogen and oxygen atoms in total. The van der Waals surface area contributed by atoms with Crippen LogP contribution in [-0.4, -0.2) is 7.11 Å². The molecule has 20 heavy (non-hydrogen) atoms. The minimum atomic E-state index is 0.253. The Morgan fingerprint density at radius 2 is 1.90 bits per heavy atom. The standard InChI is InChI=1S/C17H28N2O/c1-12-10-17(20-3)13(2)9-15(12)16(19-18)11-14-7-5-4-6-8-14/h9-10,14,16,19H,4-8,11,18H2,1-3H3. The SMILES string of the molecule is COc1cc(C)c(C(CC2CCCCC2)NN)cc1C. The first kappa shape index (κ1) is 15.3. The molecule has 1 fully saturated rings. The van der Waals surface area contributed by atoms with Crippen molar-refractivity contribution in [2.45, 2.75) is 58.4 Å². The maximum absolute atomic E-state index is 5.83. The largest absolute Gasteiger partial charge is 0.496 e. The highest BCUT2D eigenvalue weighted by molar-refractivity contribution is 5.42. The summed E-state index contributed by atoms with van der Waals surface area (Å²) in [6.45, 7) is 4.23. The lowest BCUT2D eigenvalue weighted by Crippen LogP contribution is -2.30. The molecule has 1 atom stereocenters. The number of benzene rings is 1. The predicted molar refractivity (Wildman–Crippen MR) is 83.7 cm³/mol. The monoisotopic (exact) mass is 276 g/mol. The van der Waals surface area contributed by atoms with E-state index in [0.717, 1.165) is 18.1 Å². The third-order valence-electron chi connectivity index (χ3n) is 4.65. The Balaban J connectivity index is 2.16. The average Bonchev–Trinajstić information content (AvgIpc) is 2.48. The van der Waals surface area contributed by atoms with Crippen molar-refractivity contribution in [2.75, 3.05) is 7.11 Å². The van der Waals surface area contributed by atoms with Gasteiger partial charge in [-0.2, -0.15) is 0 Å². The van der Waals surface area contributed by atoms with Gasteiger partial charge in [-0.3, -0.25) is 11.3 Å². The molecular weight excluding hydrogens is 248 g/mol. The van der Waals surface area contributed by atoms with Crippen LogP contribution in [0.15, 0.2) is 12.1 Å². The Hall–Kier alpha value is -1.06. The van der Waals surface area contributed by atoms with Crippen LogP contribution in [0.2, 0.25) is 0 Å². The van der Waals surface area contributed by atoms with E-state index >= 15 is 0 Å². The van der Waals surface area contributed by atoms with Crippen molar-refractivity contribution in [1.29, 1.82) is 0 Å². The Morgan fingerprint density at radius 1 is 1.20 bits per heavy atom. The summed E-state index contributed by atoms with van der Waals surface area (Å²) in [7, 11) is 1.72. The van der Waals surface area contributed by atoms with Gasteiger partial charge in [-0.05, 0) is 48.9 Å². The number of aryl methyl sites for hydroxylation is 2. The lowest BCUT2D eigenvalue weighted by atomic mass is 9.82. The van der Waals surface area contributed by atoms with Crippen LogP contribution in [0, 0.1) is 19.8 Å². The molecule has 1 unspecified atom stereocenters. The first-order chi connectivity index (χ1) is 9.65. The number of ether oxygens (including phenoxy) is 1. The van der Waals surface area contributed by atoms with Crippen molar-refractivity contribution < 1.29 is 4.74 Å². The highest BCUT2D eigenvalue weighted by atomic mass is 16.5. The van der Waals surface area contributed by atoms with Gasteiger partial charge in [0.15, 0.2) is 0 Å². The smallest absolute Gasteiger partial charge is 0.122 e. The van der Waals surface area contributed by atoms with E-state index in [-0.39, 0.29) is 6.04 Å². The zero-order chi connectivity index (χ0) is 14.5. The second-order valence-electron chi connectivity index (χ2n) is 6.14. The zero-order valence-corrected chi connectivity index (χ0v) is 13.0. The zero-order valence-electron chi connectivity index (χ0n) is 13.0. The van der Waals surface area contributed by atoms with Crippen molar-refractivity contribution in [2.24, 2.45) is 11.8 Å². The van der Waals surface area contributed by atoms with Gasteiger partial charge in [-0.25, -0.2) is 0 Å². The second kappa shape index (κ2) is 7.09. The molecule has 0 bridgehead atoms. The summed E-state index contributed by atoms with van der Waals surface area (Å²) in [5, 5.41) is 0. The molecule has 0 aromatic heterocycles. The van der Waals surface area contributed by atoms with Crippen LogP contribution in [0.3, 0.4) is 0 Å². The molecule has 0 saturated heterocycles. The molecule has 2 rings (SSSR count). The number of hydrogen-bond acceptors (Lipinski definition) is 3. The summed E-state index contributed by atoms with van der Waals surface area (Å²) < 4.78 is 5.39. The normalized spacial score (nSPS) is 18.0. The quantitative estimate of drug-likeness (QED) is 0.635. The van der Waals surface area contributed by atoms with Gasteiger partial charge in [0.1, 0.15) is 5.75 Å². The molecule has 1 saturated carbocycles. The van der Waals surface area contributed by atoms with Crippen molar-refractivity contribution in [1.82, 2.24) is 5.43 Å².